The van der Waals surface area contributed by atoms with Gasteiger partial charge in [0.1, 0.15) is 0 Å². The summed E-state index contributed by atoms with van der Waals surface area (Å²) in [6.07, 6.45) is -2.77. The average Bonchev–Trinajstić information content (AvgIpc) is 2.53. The minimum absolute atomic E-state index is 0.0293. The van der Waals surface area contributed by atoms with E-state index in [4.69, 9.17) is 5.11 Å². The molecule has 140 valence electrons. The molecule has 1 aromatic heterocycles. The van der Waals surface area contributed by atoms with Crippen molar-refractivity contribution in [3.63, 3.8) is 0 Å². The van der Waals surface area contributed by atoms with E-state index >= 15 is 0 Å². The number of nitrogens with one attached hydrogen (secondary N) is 1. The zero-order chi connectivity index (χ0) is 19.2. The lowest BCUT2D eigenvalue weighted by Crippen LogP contribution is -2.36. The molecule has 0 radical (unpaired) electrons. The largest absolute Gasteiger partial charge is 0.481 e. The second kappa shape index (κ2) is 8.49. The summed E-state index contributed by atoms with van der Waals surface area (Å²) in [6, 6.07) is 1.79. The van der Waals surface area contributed by atoms with E-state index < -0.39 is 36.9 Å². The highest BCUT2D eigenvalue weighted by molar-refractivity contribution is 5.89. The molecule has 0 spiro atoms. The van der Waals surface area contributed by atoms with Crippen molar-refractivity contribution in [1.29, 1.82) is 0 Å². The lowest BCUT2D eigenvalue weighted by atomic mass is 10.2. The maximum Gasteiger partial charge on any atom is 0.340 e. The van der Waals surface area contributed by atoms with Crippen LogP contribution in [0.25, 0.3) is 0 Å². The summed E-state index contributed by atoms with van der Waals surface area (Å²) in [5.74, 6) is -6.42. The minimum atomic E-state index is -4.29. The molecule has 1 atom stereocenters. The number of carbonyl (C=O) groups excluding carboxylic acids is 1. The van der Waals surface area contributed by atoms with Crippen molar-refractivity contribution in [3.8, 4) is 5.88 Å². The summed E-state index contributed by atoms with van der Waals surface area (Å²) in [6.45, 7) is -0.118. The van der Waals surface area contributed by atoms with Gasteiger partial charge < -0.3 is 20.1 Å². The van der Waals surface area contributed by atoms with E-state index in [2.05, 4.69) is 15.0 Å². The van der Waals surface area contributed by atoms with Crippen LogP contribution < -0.4 is 10.1 Å². The standard InChI is InChI=1S/C14H17F4N3O4/c1-8(11(22)23)6-21(2)13(24)20-9-3-4-10(19-5-9)25-7-14(17,18)12(15)16/h3-5,8,12H,6-7H2,1-2H3,(H,20,24)(H,22,23). The van der Waals surface area contributed by atoms with Crippen molar-refractivity contribution in [2.45, 2.75) is 19.3 Å². The topological polar surface area (TPSA) is 91.8 Å². The number of urea groups is 1. The van der Waals surface area contributed by atoms with E-state index in [1.54, 1.807) is 0 Å². The number of amides is 2. The molecule has 1 unspecified atom stereocenters. The fourth-order valence-corrected chi connectivity index (χ4v) is 1.56. The molecule has 1 rings (SSSR count). The fourth-order valence-electron chi connectivity index (χ4n) is 1.56. The normalized spacial score (nSPS) is 12.6. The van der Waals surface area contributed by atoms with Crippen LogP contribution in [0, 0.1) is 5.92 Å². The first-order valence-electron chi connectivity index (χ1n) is 7.02. The molecule has 0 saturated carbocycles. The molecular formula is C14H17F4N3O4. The Bertz CT molecular complexity index is 598. The Morgan fingerprint density at radius 3 is 2.52 bits per heavy atom. The molecular weight excluding hydrogens is 350 g/mol. The van der Waals surface area contributed by atoms with Gasteiger partial charge in [0, 0.05) is 19.7 Å². The van der Waals surface area contributed by atoms with Crippen molar-refractivity contribution in [1.82, 2.24) is 9.88 Å². The summed E-state index contributed by atoms with van der Waals surface area (Å²) < 4.78 is 53.9. The number of pyridine rings is 1. The van der Waals surface area contributed by atoms with Gasteiger partial charge in [0.2, 0.25) is 5.88 Å². The third-order valence-electron chi connectivity index (χ3n) is 3.04. The number of hydrogen-bond donors (Lipinski definition) is 2. The first-order valence-corrected chi connectivity index (χ1v) is 7.02. The molecule has 0 fully saturated rings. The molecule has 0 aromatic carbocycles. The lowest BCUT2D eigenvalue weighted by Gasteiger charge is -2.20. The Morgan fingerprint density at radius 1 is 1.40 bits per heavy atom. The molecule has 1 heterocycles. The molecule has 0 aliphatic heterocycles. The van der Waals surface area contributed by atoms with Crippen molar-refractivity contribution in [2.75, 3.05) is 25.5 Å². The van der Waals surface area contributed by atoms with Crippen LogP contribution in [0.4, 0.5) is 28.0 Å². The number of halogens is 4. The highest BCUT2D eigenvalue weighted by Crippen LogP contribution is 2.24. The number of carbonyl (C=O) groups is 2. The van der Waals surface area contributed by atoms with Crippen LogP contribution in [-0.4, -0.2) is 59.5 Å². The summed E-state index contributed by atoms with van der Waals surface area (Å²) in [4.78, 5) is 27.4. The maximum atomic E-state index is 12.7. The van der Waals surface area contributed by atoms with Crippen LogP contribution in [0.1, 0.15) is 6.92 Å². The van der Waals surface area contributed by atoms with Gasteiger partial charge in [0.15, 0.2) is 6.61 Å². The zero-order valence-corrected chi connectivity index (χ0v) is 13.4. The van der Waals surface area contributed by atoms with Crippen LogP contribution in [0.2, 0.25) is 0 Å². The van der Waals surface area contributed by atoms with Crippen LogP contribution in [0.5, 0.6) is 5.88 Å². The van der Waals surface area contributed by atoms with Crippen LogP contribution in [0.3, 0.4) is 0 Å². The number of hydrogen-bond acceptors (Lipinski definition) is 4. The minimum Gasteiger partial charge on any atom is -0.481 e. The van der Waals surface area contributed by atoms with E-state index in [1.165, 1.54) is 20.0 Å². The van der Waals surface area contributed by atoms with E-state index in [0.717, 1.165) is 17.2 Å². The average molecular weight is 367 g/mol. The maximum absolute atomic E-state index is 12.7. The Kier molecular flexibility index (Phi) is 6.95. The summed E-state index contributed by atoms with van der Waals surface area (Å²) in [7, 11) is 1.39. The van der Waals surface area contributed by atoms with Gasteiger partial charge in [0.25, 0.3) is 0 Å². The number of aliphatic carboxylic acids is 1. The Hall–Kier alpha value is -2.59. The Morgan fingerprint density at radius 2 is 2.04 bits per heavy atom. The highest BCUT2D eigenvalue weighted by atomic mass is 19.3. The van der Waals surface area contributed by atoms with E-state index in [1.807, 2.05) is 0 Å². The number of alkyl halides is 4. The highest BCUT2D eigenvalue weighted by Gasteiger charge is 2.41. The van der Waals surface area contributed by atoms with Gasteiger partial charge in [-0.05, 0) is 6.07 Å². The molecule has 0 aliphatic carbocycles. The third-order valence-corrected chi connectivity index (χ3v) is 3.04. The van der Waals surface area contributed by atoms with E-state index in [0.29, 0.717) is 0 Å². The molecule has 7 nitrogen and oxygen atoms in total. The molecule has 0 saturated heterocycles. The van der Waals surface area contributed by atoms with Gasteiger partial charge in [0.05, 0.1) is 17.8 Å². The van der Waals surface area contributed by atoms with Gasteiger partial charge in [-0.15, -0.1) is 0 Å². The first kappa shape index (κ1) is 20.5. The second-order valence-corrected chi connectivity index (χ2v) is 5.29. The number of nitrogens with zero attached hydrogens (tertiary/aromatic N) is 2. The molecule has 1 aromatic rings. The van der Waals surface area contributed by atoms with Crippen molar-refractivity contribution < 1.29 is 37.0 Å². The summed E-state index contributed by atoms with van der Waals surface area (Å²) in [5.41, 5.74) is 0.188. The second-order valence-electron chi connectivity index (χ2n) is 5.29. The molecule has 2 N–H and O–H groups in total. The molecule has 0 bridgehead atoms. The zero-order valence-electron chi connectivity index (χ0n) is 13.4. The van der Waals surface area contributed by atoms with Gasteiger partial charge in [-0.2, -0.15) is 8.78 Å². The molecule has 11 heteroatoms. The third kappa shape index (κ3) is 6.43. The van der Waals surface area contributed by atoms with Gasteiger partial charge in [-0.1, -0.05) is 6.92 Å². The monoisotopic (exact) mass is 367 g/mol. The lowest BCUT2D eigenvalue weighted by molar-refractivity contribution is -0.148. The predicted molar refractivity (Wildman–Crippen MR) is 79.1 cm³/mol. The van der Waals surface area contributed by atoms with E-state index in [-0.39, 0.29) is 18.1 Å². The first-order chi connectivity index (χ1) is 11.5. The molecule has 25 heavy (non-hydrogen) atoms. The fraction of sp³-hybridized carbons (Fsp3) is 0.500. The SMILES string of the molecule is CC(CN(C)C(=O)Nc1ccc(OCC(F)(F)C(F)F)nc1)C(=O)O. The number of carboxylic acid groups (broad SMARTS) is 1. The Labute approximate surface area is 140 Å². The number of rotatable bonds is 8. The van der Waals surface area contributed by atoms with Crippen molar-refractivity contribution in [2.24, 2.45) is 5.92 Å². The number of anilines is 1. The van der Waals surface area contributed by atoms with Crippen LogP contribution in [0.15, 0.2) is 18.3 Å². The van der Waals surface area contributed by atoms with Crippen LogP contribution in [-0.2, 0) is 4.79 Å². The van der Waals surface area contributed by atoms with Gasteiger partial charge in [-0.25, -0.2) is 18.6 Å². The summed E-state index contributed by atoms with van der Waals surface area (Å²) >= 11 is 0. The van der Waals surface area contributed by atoms with Crippen molar-refractivity contribution >= 4 is 17.7 Å². The van der Waals surface area contributed by atoms with Gasteiger partial charge in [-0.3, -0.25) is 4.79 Å². The molecule has 0 aliphatic rings. The number of aromatic nitrogens is 1. The van der Waals surface area contributed by atoms with Gasteiger partial charge >= 0.3 is 24.3 Å². The smallest absolute Gasteiger partial charge is 0.340 e. The van der Waals surface area contributed by atoms with Crippen molar-refractivity contribution in [3.05, 3.63) is 18.3 Å². The quantitative estimate of drug-likeness (QED) is 0.689. The van der Waals surface area contributed by atoms with E-state index in [9.17, 15) is 27.2 Å². The number of carboxylic acids is 1. The predicted octanol–water partition coefficient (Wildman–Crippen LogP) is 2.55. The molecule has 2 amide bonds. The Balaban J connectivity index is 2.56. The summed E-state index contributed by atoms with van der Waals surface area (Å²) in [5, 5.41) is 11.2. The number of ether oxygens (including phenoxy) is 1. The van der Waals surface area contributed by atoms with Crippen LogP contribution >= 0.6 is 0 Å².